The number of allylic oxidation sites excluding steroid dienone is 2. The van der Waals surface area contributed by atoms with Crippen LogP contribution in [-0.2, 0) is 19.1 Å². The number of carbonyl (C=O) groups excluding carboxylic acids is 2. The number of carbonyl (C=O) groups is 3. The van der Waals surface area contributed by atoms with Crippen molar-refractivity contribution in [3.05, 3.63) is 11.1 Å². The molecule has 6 aliphatic rings. The summed E-state index contributed by atoms with van der Waals surface area (Å²) in [4.78, 5) is 37.9. The second kappa shape index (κ2) is 9.42. The van der Waals surface area contributed by atoms with Crippen LogP contribution in [0.3, 0.4) is 0 Å². The Morgan fingerprint density at radius 1 is 0.878 bits per heavy atom. The Hall–Kier alpha value is -1.65. The van der Waals surface area contributed by atoms with Crippen molar-refractivity contribution in [3.8, 4) is 0 Å². The molecule has 6 aliphatic carbocycles. The maximum Gasteiger partial charge on any atom is 0.309 e. The molecule has 5 fully saturated rings. The van der Waals surface area contributed by atoms with Crippen LogP contribution in [0.1, 0.15) is 120 Å². The summed E-state index contributed by atoms with van der Waals surface area (Å²) in [6.07, 6.45) is 10.2. The van der Waals surface area contributed by atoms with Gasteiger partial charge in [-0.05, 0) is 115 Å². The average Bonchev–Trinajstić information content (AvgIpc) is 3.14. The Labute approximate surface area is 247 Å². The van der Waals surface area contributed by atoms with Crippen LogP contribution >= 0.6 is 0 Å². The second-order valence-corrected chi connectivity index (χ2v) is 17.1. The smallest absolute Gasteiger partial charge is 0.309 e. The van der Waals surface area contributed by atoms with Crippen molar-refractivity contribution in [3.63, 3.8) is 0 Å². The van der Waals surface area contributed by atoms with E-state index >= 15 is 0 Å². The van der Waals surface area contributed by atoms with Gasteiger partial charge in [-0.3, -0.25) is 14.4 Å². The number of carboxylic acids is 1. The SMILES string of the molecule is CC(C)C1=C2C3CCC4C(C)(CCC5C(C)(C)C(OC(=O)C6CC(C(=O)O)C6C)CCC54C)C3CCC2(C)CC1=O. The van der Waals surface area contributed by atoms with Crippen molar-refractivity contribution in [2.75, 3.05) is 0 Å². The van der Waals surface area contributed by atoms with Gasteiger partial charge in [-0.25, -0.2) is 0 Å². The van der Waals surface area contributed by atoms with Gasteiger partial charge in [0.05, 0.1) is 11.8 Å². The topological polar surface area (TPSA) is 80.7 Å². The Balaban J connectivity index is 1.23. The third-order valence-electron chi connectivity index (χ3n) is 14.5. The molecule has 0 spiro atoms. The molecule has 5 heteroatoms. The standard InChI is InChI=1S/C36H54O5/c1-19(2)29-25(37)18-34(6)14-11-24-21(30(29)34)9-10-27-35(24,7)15-12-26-33(4,5)28(13-16-36(26,27)8)41-32(40)23-17-22(20(23)3)31(38)39/h19-24,26-28H,9-18H2,1-8H3,(H,38,39). The lowest BCUT2D eigenvalue weighted by molar-refractivity contribution is -0.217. The molecule has 5 nitrogen and oxygen atoms in total. The van der Waals surface area contributed by atoms with Gasteiger partial charge < -0.3 is 9.84 Å². The van der Waals surface area contributed by atoms with Crippen molar-refractivity contribution in [1.29, 1.82) is 0 Å². The Morgan fingerprint density at radius 2 is 1.56 bits per heavy atom. The first-order valence-corrected chi connectivity index (χ1v) is 16.8. The monoisotopic (exact) mass is 566 g/mol. The number of aliphatic carboxylic acids is 1. The molecule has 0 aromatic heterocycles. The number of hydrogen-bond donors (Lipinski definition) is 1. The van der Waals surface area contributed by atoms with Crippen LogP contribution in [0, 0.1) is 69.0 Å². The van der Waals surface area contributed by atoms with Gasteiger partial charge in [-0.15, -0.1) is 0 Å². The summed E-state index contributed by atoms with van der Waals surface area (Å²) in [6.45, 7) is 18.6. The number of Topliss-reactive ketones (excluding diaryl/α,β-unsaturated/α-hetero) is 1. The lowest BCUT2D eigenvalue weighted by atomic mass is 9.36. The molecule has 228 valence electrons. The molecule has 1 N–H and O–H groups in total. The molecule has 0 heterocycles. The quantitative estimate of drug-likeness (QED) is 0.350. The van der Waals surface area contributed by atoms with Crippen molar-refractivity contribution < 1.29 is 24.2 Å². The number of carboxylic acid groups (broad SMARTS) is 1. The minimum Gasteiger partial charge on any atom is -0.481 e. The van der Waals surface area contributed by atoms with Crippen LogP contribution in [0.15, 0.2) is 11.1 Å². The zero-order valence-electron chi connectivity index (χ0n) is 26.8. The number of hydrogen-bond acceptors (Lipinski definition) is 4. The highest BCUT2D eigenvalue weighted by molar-refractivity contribution is 6.00. The van der Waals surface area contributed by atoms with E-state index in [-0.39, 0.29) is 45.6 Å². The van der Waals surface area contributed by atoms with Gasteiger partial charge in [0.1, 0.15) is 6.10 Å². The molecule has 0 aromatic rings. The van der Waals surface area contributed by atoms with E-state index in [1.165, 1.54) is 37.7 Å². The van der Waals surface area contributed by atoms with Crippen LogP contribution in [0.2, 0.25) is 0 Å². The van der Waals surface area contributed by atoms with Crippen molar-refractivity contribution in [2.45, 2.75) is 126 Å². The molecule has 0 aliphatic heterocycles. The Bertz CT molecular complexity index is 1180. The predicted octanol–water partition coefficient (Wildman–Crippen LogP) is 7.87. The van der Waals surface area contributed by atoms with E-state index in [0.29, 0.717) is 41.8 Å². The minimum absolute atomic E-state index is 0.0779. The lowest BCUT2D eigenvalue weighted by Gasteiger charge is -2.68. The highest BCUT2D eigenvalue weighted by Crippen LogP contribution is 2.73. The van der Waals surface area contributed by atoms with Crippen LogP contribution in [0.25, 0.3) is 0 Å². The van der Waals surface area contributed by atoms with Crippen molar-refractivity contribution >= 4 is 17.7 Å². The Morgan fingerprint density at radius 3 is 2.20 bits per heavy atom. The highest BCUT2D eigenvalue weighted by atomic mass is 16.5. The van der Waals surface area contributed by atoms with E-state index in [1.807, 2.05) is 6.92 Å². The maximum atomic E-state index is 13.3. The fourth-order valence-electron chi connectivity index (χ4n) is 12.4. The van der Waals surface area contributed by atoms with Crippen molar-refractivity contribution in [2.24, 2.45) is 69.0 Å². The molecule has 41 heavy (non-hydrogen) atoms. The summed E-state index contributed by atoms with van der Waals surface area (Å²) < 4.78 is 6.28. The zero-order chi connectivity index (χ0) is 29.9. The summed E-state index contributed by atoms with van der Waals surface area (Å²) >= 11 is 0. The molecule has 0 bridgehead atoms. The molecule has 11 unspecified atom stereocenters. The summed E-state index contributed by atoms with van der Waals surface area (Å²) in [5, 5.41) is 9.39. The summed E-state index contributed by atoms with van der Waals surface area (Å²) in [5.41, 5.74) is 3.20. The van der Waals surface area contributed by atoms with Gasteiger partial charge in [0, 0.05) is 11.8 Å². The van der Waals surface area contributed by atoms with E-state index in [4.69, 9.17) is 4.74 Å². The number of rotatable bonds is 4. The summed E-state index contributed by atoms with van der Waals surface area (Å²) in [7, 11) is 0. The normalized spacial score (nSPS) is 48.5. The molecular weight excluding hydrogens is 512 g/mol. The first-order chi connectivity index (χ1) is 19.1. The van der Waals surface area contributed by atoms with Gasteiger partial charge in [0.25, 0.3) is 0 Å². The molecular formula is C36H54O5. The number of ether oxygens (including phenoxy) is 1. The van der Waals surface area contributed by atoms with E-state index in [1.54, 1.807) is 5.57 Å². The highest BCUT2D eigenvalue weighted by Gasteiger charge is 2.66. The van der Waals surface area contributed by atoms with Gasteiger partial charge in [0.15, 0.2) is 5.78 Å². The van der Waals surface area contributed by atoms with Crippen LogP contribution in [0.4, 0.5) is 0 Å². The number of fused-ring (bicyclic) bond motifs is 7. The lowest BCUT2D eigenvalue weighted by Crippen LogP contribution is -2.63. The average molecular weight is 567 g/mol. The summed E-state index contributed by atoms with van der Waals surface area (Å²) in [6, 6.07) is 0. The van der Waals surface area contributed by atoms with Crippen LogP contribution in [-0.4, -0.2) is 28.9 Å². The number of ketones is 1. The van der Waals surface area contributed by atoms with Crippen molar-refractivity contribution in [1.82, 2.24) is 0 Å². The molecule has 0 amide bonds. The molecule has 0 aromatic carbocycles. The molecule has 11 atom stereocenters. The van der Waals surface area contributed by atoms with Crippen LogP contribution < -0.4 is 0 Å². The third-order valence-corrected chi connectivity index (χ3v) is 14.5. The fraction of sp³-hybridized carbons (Fsp3) is 0.861. The molecule has 6 rings (SSSR count). The maximum absolute atomic E-state index is 13.3. The molecule has 5 saturated carbocycles. The van der Waals surface area contributed by atoms with E-state index in [0.717, 1.165) is 25.7 Å². The van der Waals surface area contributed by atoms with Gasteiger partial charge in [-0.1, -0.05) is 61.0 Å². The van der Waals surface area contributed by atoms with Gasteiger partial charge in [-0.2, -0.15) is 0 Å². The van der Waals surface area contributed by atoms with Gasteiger partial charge >= 0.3 is 11.9 Å². The molecule has 0 saturated heterocycles. The molecule has 0 radical (unpaired) electrons. The van der Waals surface area contributed by atoms with E-state index < -0.39 is 11.9 Å². The van der Waals surface area contributed by atoms with Gasteiger partial charge in [0.2, 0.25) is 0 Å². The number of esters is 1. The summed E-state index contributed by atoms with van der Waals surface area (Å²) in [5.74, 6) is 1.26. The van der Waals surface area contributed by atoms with Crippen LogP contribution in [0.5, 0.6) is 0 Å². The zero-order valence-corrected chi connectivity index (χ0v) is 26.8. The second-order valence-electron chi connectivity index (χ2n) is 17.1. The first-order valence-electron chi connectivity index (χ1n) is 16.8. The predicted molar refractivity (Wildman–Crippen MR) is 159 cm³/mol. The first kappa shape index (κ1) is 29.4. The third kappa shape index (κ3) is 4.01. The fourth-order valence-corrected chi connectivity index (χ4v) is 12.4. The Kier molecular flexibility index (Phi) is 6.76. The van der Waals surface area contributed by atoms with E-state index in [2.05, 4.69) is 48.5 Å². The minimum atomic E-state index is -0.797. The largest absolute Gasteiger partial charge is 0.481 e. The van der Waals surface area contributed by atoms with E-state index in [9.17, 15) is 19.5 Å².